The Hall–Kier alpha value is -3.85. The van der Waals surface area contributed by atoms with Crippen molar-refractivity contribution in [3.63, 3.8) is 0 Å². The van der Waals surface area contributed by atoms with Gasteiger partial charge in [-0.2, -0.15) is 0 Å². The largest absolute Gasteiger partial charge is 0.360 e. The lowest BCUT2D eigenvalue weighted by atomic mass is 9.77. The number of nitrogens with one attached hydrogen (secondary N) is 1. The van der Waals surface area contributed by atoms with Crippen molar-refractivity contribution in [3.8, 4) is 0 Å². The Morgan fingerprint density at radius 1 is 1.09 bits per heavy atom. The van der Waals surface area contributed by atoms with E-state index in [0.29, 0.717) is 5.56 Å². The number of hydrogen-bond donors (Lipinski definition) is 1. The second-order valence-corrected chi connectivity index (χ2v) is 10.2. The molecule has 0 aliphatic carbocycles. The zero-order valence-electron chi connectivity index (χ0n) is 19.6. The summed E-state index contributed by atoms with van der Waals surface area (Å²) in [5.41, 5.74) is 0.583. The number of rotatable bonds is 5. The Morgan fingerprint density at radius 2 is 1.74 bits per heavy atom. The maximum absolute atomic E-state index is 13.4. The number of hydrogen-bond acceptors (Lipinski definition) is 6. The molecular formula is C26H25N3O6. The summed E-state index contributed by atoms with van der Waals surface area (Å²) in [6, 6.07) is 12.7. The first-order chi connectivity index (χ1) is 16.5. The Balaban J connectivity index is 1.34. The minimum Gasteiger partial charge on any atom is -0.360 e. The van der Waals surface area contributed by atoms with Gasteiger partial charge in [-0.15, -0.1) is 0 Å². The van der Waals surface area contributed by atoms with Crippen molar-refractivity contribution in [3.05, 3.63) is 81.9 Å². The summed E-state index contributed by atoms with van der Waals surface area (Å²) in [5.74, 6) is -2.64. The van der Waals surface area contributed by atoms with Gasteiger partial charge in [0.25, 0.3) is 11.6 Å². The summed E-state index contributed by atoms with van der Waals surface area (Å²) < 4.78 is 6.07. The lowest BCUT2D eigenvalue weighted by molar-refractivity contribution is -0.384. The quantitative estimate of drug-likeness (QED) is 0.307. The Kier molecular flexibility index (Phi) is 5.14. The fraction of sp³-hybridized carbons (Fsp3) is 0.346. The molecule has 0 radical (unpaired) electrons. The molecule has 9 heteroatoms. The van der Waals surface area contributed by atoms with Crippen LogP contribution in [0.2, 0.25) is 0 Å². The number of anilines is 1. The van der Waals surface area contributed by atoms with Crippen LogP contribution in [0.15, 0.2) is 60.7 Å². The van der Waals surface area contributed by atoms with Crippen LogP contribution < -0.4 is 10.2 Å². The number of imide groups is 1. The molecule has 4 atom stereocenters. The molecule has 2 aromatic carbocycles. The second kappa shape index (κ2) is 7.84. The molecule has 2 fully saturated rings. The molecule has 0 spiro atoms. The molecular weight excluding hydrogens is 450 g/mol. The maximum atomic E-state index is 13.4. The van der Waals surface area contributed by atoms with Gasteiger partial charge in [-0.1, -0.05) is 45.1 Å². The highest BCUT2D eigenvalue weighted by Crippen LogP contribution is 2.52. The van der Waals surface area contributed by atoms with E-state index >= 15 is 0 Å². The maximum Gasteiger partial charge on any atom is 0.269 e. The molecule has 2 saturated heterocycles. The van der Waals surface area contributed by atoms with Gasteiger partial charge in [-0.3, -0.25) is 24.5 Å². The minimum absolute atomic E-state index is 0.0325. The van der Waals surface area contributed by atoms with E-state index in [-0.39, 0.29) is 29.2 Å². The SMILES string of the molecule is CC(C)(C)c1ccc(C(=O)NC[C@@]23C=C[C@@H](O2)[C@H]2C(=O)N(c4ccc([N+](=O)[O-])cc4)C(=O)[C@H]23)cc1. The van der Waals surface area contributed by atoms with Crippen LogP contribution in [0.5, 0.6) is 0 Å². The van der Waals surface area contributed by atoms with Crippen LogP contribution in [-0.4, -0.2) is 40.9 Å². The molecule has 3 aliphatic heterocycles. The van der Waals surface area contributed by atoms with Crippen molar-refractivity contribution in [1.82, 2.24) is 5.32 Å². The number of nitro groups is 1. The summed E-state index contributed by atoms with van der Waals surface area (Å²) in [7, 11) is 0. The van der Waals surface area contributed by atoms with E-state index in [9.17, 15) is 24.5 Å². The number of non-ortho nitro benzene ring substituents is 1. The van der Waals surface area contributed by atoms with E-state index in [1.165, 1.54) is 24.3 Å². The summed E-state index contributed by atoms with van der Waals surface area (Å²) in [4.78, 5) is 50.9. The Morgan fingerprint density at radius 3 is 2.34 bits per heavy atom. The minimum atomic E-state index is -1.13. The molecule has 0 aromatic heterocycles. The Labute approximate surface area is 201 Å². The van der Waals surface area contributed by atoms with Gasteiger partial charge in [-0.25, -0.2) is 4.90 Å². The summed E-state index contributed by atoms with van der Waals surface area (Å²) in [6.45, 7) is 6.32. The molecule has 1 N–H and O–H groups in total. The fourth-order valence-corrected chi connectivity index (χ4v) is 5.13. The average Bonchev–Trinajstić information content (AvgIpc) is 3.47. The molecule has 180 valence electrons. The third-order valence-electron chi connectivity index (χ3n) is 7.01. The van der Waals surface area contributed by atoms with Crippen molar-refractivity contribution in [1.29, 1.82) is 0 Å². The number of ether oxygens (including phenoxy) is 1. The van der Waals surface area contributed by atoms with Gasteiger partial charge in [0.2, 0.25) is 11.8 Å². The molecule has 0 unspecified atom stereocenters. The Bertz CT molecular complexity index is 1260. The molecule has 2 aromatic rings. The van der Waals surface area contributed by atoms with E-state index in [2.05, 4.69) is 26.1 Å². The molecule has 0 saturated carbocycles. The highest BCUT2D eigenvalue weighted by atomic mass is 16.6. The molecule has 3 aliphatic rings. The lowest BCUT2D eigenvalue weighted by Gasteiger charge is -2.29. The van der Waals surface area contributed by atoms with E-state index in [1.54, 1.807) is 24.3 Å². The third-order valence-corrected chi connectivity index (χ3v) is 7.01. The van der Waals surface area contributed by atoms with Crippen LogP contribution >= 0.6 is 0 Å². The van der Waals surface area contributed by atoms with E-state index in [0.717, 1.165) is 10.5 Å². The summed E-state index contributed by atoms with van der Waals surface area (Å²) in [6.07, 6.45) is 2.95. The smallest absolute Gasteiger partial charge is 0.269 e. The number of benzene rings is 2. The van der Waals surface area contributed by atoms with E-state index < -0.39 is 40.3 Å². The van der Waals surface area contributed by atoms with Gasteiger partial charge in [0.05, 0.1) is 35.1 Å². The number of carbonyl (C=O) groups is 3. The molecule has 3 heterocycles. The molecule has 9 nitrogen and oxygen atoms in total. The zero-order chi connectivity index (χ0) is 25.1. The van der Waals surface area contributed by atoms with Crippen LogP contribution in [0.3, 0.4) is 0 Å². The molecule has 35 heavy (non-hydrogen) atoms. The third kappa shape index (κ3) is 3.63. The van der Waals surface area contributed by atoms with Gasteiger partial charge in [0, 0.05) is 17.7 Å². The summed E-state index contributed by atoms with van der Waals surface area (Å²) in [5, 5.41) is 13.8. The van der Waals surface area contributed by atoms with Crippen molar-refractivity contribution >= 4 is 29.1 Å². The predicted octanol–water partition coefficient (Wildman–Crippen LogP) is 3.14. The van der Waals surface area contributed by atoms with Crippen molar-refractivity contribution in [2.75, 3.05) is 11.4 Å². The summed E-state index contributed by atoms with van der Waals surface area (Å²) >= 11 is 0. The second-order valence-electron chi connectivity index (χ2n) is 10.2. The van der Waals surface area contributed by atoms with E-state index in [4.69, 9.17) is 4.74 Å². The lowest BCUT2D eigenvalue weighted by Crippen LogP contribution is -2.48. The van der Waals surface area contributed by atoms with Crippen molar-refractivity contribution in [2.24, 2.45) is 11.8 Å². The first-order valence-electron chi connectivity index (χ1n) is 11.4. The van der Waals surface area contributed by atoms with Gasteiger partial charge < -0.3 is 10.1 Å². The zero-order valence-corrected chi connectivity index (χ0v) is 19.6. The van der Waals surface area contributed by atoms with Gasteiger partial charge >= 0.3 is 0 Å². The molecule has 3 amide bonds. The predicted molar refractivity (Wildman–Crippen MR) is 127 cm³/mol. The van der Waals surface area contributed by atoms with Gasteiger partial charge in [0.15, 0.2) is 0 Å². The highest BCUT2D eigenvalue weighted by Gasteiger charge is 2.67. The monoisotopic (exact) mass is 475 g/mol. The first-order valence-corrected chi connectivity index (χ1v) is 11.4. The van der Waals surface area contributed by atoms with Crippen LogP contribution in [0.4, 0.5) is 11.4 Å². The number of amides is 3. The topological polar surface area (TPSA) is 119 Å². The average molecular weight is 476 g/mol. The van der Waals surface area contributed by atoms with Gasteiger partial charge in [0.1, 0.15) is 5.60 Å². The van der Waals surface area contributed by atoms with Crippen molar-refractivity contribution < 1.29 is 24.0 Å². The van der Waals surface area contributed by atoms with Crippen LogP contribution in [0.25, 0.3) is 0 Å². The number of nitrogens with zero attached hydrogens (tertiary/aromatic N) is 2. The molecule has 5 rings (SSSR count). The van der Waals surface area contributed by atoms with Crippen molar-refractivity contribution in [2.45, 2.75) is 37.9 Å². The number of fused-ring (bicyclic) bond motifs is 5. The first kappa shape index (κ1) is 22.9. The van der Waals surface area contributed by atoms with Crippen LogP contribution in [-0.2, 0) is 19.7 Å². The number of carbonyl (C=O) groups excluding carboxylic acids is 3. The normalized spacial score (nSPS) is 26.8. The standard InChI is InChI=1S/C26H25N3O6/c1-25(2,3)16-6-4-15(5-7-16)22(30)27-14-26-13-12-19(35-26)20-21(26)24(32)28(23(20)31)17-8-10-18(11-9-17)29(33)34/h4-13,19-21H,14H2,1-3H3,(H,27,30)/t19-,20-,21+,26-/m1/s1. The molecule has 2 bridgehead atoms. The highest BCUT2D eigenvalue weighted by molar-refractivity contribution is 6.23. The van der Waals surface area contributed by atoms with Crippen LogP contribution in [0, 0.1) is 22.0 Å². The van der Waals surface area contributed by atoms with E-state index in [1.807, 2.05) is 12.1 Å². The van der Waals surface area contributed by atoms with Gasteiger partial charge in [-0.05, 0) is 35.2 Å². The van der Waals surface area contributed by atoms with Crippen LogP contribution in [0.1, 0.15) is 36.7 Å². The fourth-order valence-electron chi connectivity index (χ4n) is 5.13. The number of nitro benzene ring substituents is 1.